The third-order valence-corrected chi connectivity index (χ3v) is 4.79. The van der Waals surface area contributed by atoms with Crippen molar-refractivity contribution in [3.8, 4) is 0 Å². The van der Waals surface area contributed by atoms with Crippen LogP contribution in [0.4, 0.5) is 15.8 Å². The summed E-state index contributed by atoms with van der Waals surface area (Å²) in [6.07, 6.45) is 5.16. The maximum absolute atomic E-state index is 13.2. The van der Waals surface area contributed by atoms with Gasteiger partial charge >= 0.3 is 0 Å². The number of allylic oxidation sites excluding steroid dienone is 2. The topological polar surface area (TPSA) is 55.2 Å². The van der Waals surface area contributed by atoms with Gasteiger partial charge in [0.25, 0.3) is 5.69 Å². The van der Waals surface area contributed by atoms with Crippen LogP contribution in [0.1, 0.15) is 29.5 Å². The number of hydrogen-bond donors (Lipinski definition) is 1. The molecule has 2 aromatic carbocycles. The maximum atomic E-state index is 13.2. The fraction of sp³-hybridized carbons (Fsp3) is 0.222. The molecule has 3 atom stereocenters. The number of benzene rings is 2. The van der Waals surface area contributed by atoms with Gasteiger partial charge in [-0.15, -0.1) is 0 Å². The zero-order valence-electron chi connectivity index (χ0n) is 12.3. The van der Waals surface area contributed by atoms with E-state index in [2.05, 4.69) is 17.5 Å². The van der Waals surface area contributed by atoms with E-state index >= 15 is 0 Å². The third-order valence-electron chi connectivity index (χ3n) is 4.79. The Kier molecular flexibility index (Phi) is 3.15. The van der Waals surface area contributed by atoms with Gasteiger partial charge in [-0.3, -0.25) is 10.1 Å². The minimum Gasteiger partial charge on any atom is -0.378 e. The van der Waals surface area contributed by atoms with E-state index in [1.54, 1.807) is 24.3 Å². The minimum absolute atomic E-state index is 0.0737. The fourth-order valence-corrected chi connectivity index (χ4v) is 3.70. The van der Waals surface area contributed by atoms with Crippen molar-refractivity contribution in [1.82, 2.24) is 0 Å². The summed E-state index contributed by atoms with van der Waals surface area (Å²) in [7, 11) is 0. The number of hydrogen-bond acceptors (Lipinski definition) is 3. The first-order chi connectivity index (χ1) is 11.1. The highest BCUT2D eigenvalue weighted by Crippen LogP contribution is 2.50. The Morgan fingerprint density at radius 3 is 2.70 bits per heavy atom. The first-order valence-corrected chi connectivity index (χ1v) is 7.60. The van der Waals surface area contributed by atoms with Crippen LogP contribution in [0.2, 0.25) is 0 Å². The average molecular weight is 310 g/mol. The number of non-ortho nitro benzene ring substituents is 1. The molecule has 2 aliphatic rings. The van der Waals surface area contributed by atoms with Crippen LogP contribution in [0.5, 0.6) is 0 Å². The van der Waals surface area contributed by atoms with E-state index in [1.807, 2.05) is 0 Å². The SMILES string of the molecule is O=[N+]([O-])c1ccc2c(c1)[C@@H]1C=CC[C@H]1[C@H](c1ccc(F)cc1)N2. The van der Waals surface area contributed by atoms with Crippen LogP contribution in [0.3, 0.4) is 0 Å². The second-order valence-corrected chi connectivity index (χ2v) is 6.06. The molecular formula is C18H15FN2O2. The molecule has 0 radical (unpaired) electrons. The summed E-state index contributed by atoms with van der Waals surface area (Å²) in [4.78, 5) is 10.7. The van der Waals surface area contributed by atoms with Crippen molar-refractivity contribution in [3.05, 3.63) is 81.7 Å². The van der Waals surface area contributed by atoms with Crippen molar-refractivity contribution < 1.29 is 9.31 Å². The molecule has 2 aromatic rings. The number of rotatable bonds is 2. The Morgan fingerprint density at radius 2 is 1.96 bits per heavy atom. The summed E-state index contributed by atoms with van der Waals surface area (Å²) in [5, 5.41) is 14.5. The molecule has 0 amide bonds. The van der Waals surface area contributed by atoms with Crippen LogP contribution in [0.15, 0.2) is 54.6 Å². The van der Waals surface area contributed by atoms with Gasteiger partial charge in [-0.1, -0.05) is 24.3 Å². The Hall–Kier alpha value is -2.69. The highest BCUT2D eigenvalue weighted by Gasteiger charge is 2.38. The predicted octanol–water partition coefficient (Wildman–Crippen LogP) is 4.56. The van der Waals surface area contributed by atoms with Gasteiger partial charge in [0, 0.05) is 23.7 Å². The van der Waals surface area contributed by atoms with Gasteiger partial charge in [-0.25, -0.2) is 4.39 Å². The van der Waals surface area contributed by atoms with Gasteiger partial charge in [-0.2, -0.15) is 0 Å². The molecule has 23 heavy (non-hydrogen) atoms. The number of nitrogens with zero attached hydrogens (tertiary/aromatic N) is 1. The van der Waals surface area contributed by atoms with E-state index < -0.39 is 0 Å². The van der Waals surface area contributed by atoms with E-state index in [1.165, 1.54) is 18.2 Å². The maximum Gasteiger partial charge on any atom is 0.269 e. The first-order valence-electron chi connectivity index (χ1n) is 7.60. The molecule has 1 heterocycles. The van der Waals surface area contributed by atoms with Gasteiger partial charge < -0.3 is 5.32 Å². The normalized spacial score (nSPS) is 24.7. The smallest absolute Gasteiger partial charge is 0.269 e. The van der Waals surface area contributed by atoms with Crippen molar-refractivity contribution in [3.63, 3.8) is 0 Å². The molecule has 1 N–H and O–H groups in total. The van der Waals surface area contributed by atoms with E-state index in [0.717, 1.165) is 23.2 Å². The van der Waals surface area contributed by atoms with E-state index in [4.69, 9.17) is 0 Å². The molecule has 4 rings (SSSR count). The Labute approximate surface area is 132 Å². The van der Waals surface area contributed by atoms with Crippen LogP contribution in [-0.2, 0) is 0 Å². The van der Waals surface area contributed by atoms with Crippen molar-refractivity contribution >= 4 is 11.4 Å². The molecule has 5 heteroatoms. The number of nitro benzene ring substituents is 1. The molecular weight excluding hydrogens is 295 g/mol. The van der Waals surface area contributed by atoms with Crippen LogP contribution < -0.4 is 5.32 Å². The summed E-state index contributed by atoms with van der Waals surface area (Å²) < 4.78 is 13.2. The van der Waals surface area contributed by atoms with Gasteiger partial charge in [0.2, 0.25) is 0 Å². The number of nitro groups is 1. The fourth-order valence-electron chi connectivity index (χ4n) is 3.70. The summed E-state index contributed by atoms with van der Waals surface area (Å²) in [6.45, 7) is 0. The number of anilines is 1. The quantitative estimate of drug-likeness (QED) is 0.502. The van der Waals surface area contributed by atoms with E-state index in [-0.39, 0.29) is 34.3 Å². The van der Waals surface area contributed by atoms with Crippen molar-refractivity contribution in [2.24, 2.45) is 5.92 Å². The number of fused-ring (bicyclic) bond motifs is 3. The first kappa shape index (κ1) is 13.9. The van der Waals surface area contributed by atoms with Gasteiger partial charge in [0.1, 0.15) is 5.82 Å². The lowest BCUT2D eigenvalue weighted by molar-refractivity contribution is -0.384. The molecule has 0 spiro atoms. The molecule has 0 bridgehead atoms. The molecule has 116 valence electrons. The van der Waals surface area contributed by atoms with Gasteiger partial charge in [-0.05, 0) is 41.7 Å². The van der Waals surface area contributed by atoms with Gasteiger partial charge in [0.15, 0.2) is 0 Å². The van der Waals surface area contributed by atoms with E-state index in [0.29, 0.717) is 0 Å². The third kappa shape index (κ3) is 2.29. The van der Waals surface area contributed by atoms with Crippen molar-refractivity contribution in [1.29, 1.82) is 0 Å². The lowest BCUT2D eigenvalue weighted by atomic mass is 9.77. The Bertz CT molecular complexity index is 801. The second-order valence-electron chi connectivity index (χ2n) is 6.06. The molecule has 0 unspecified atom stereocenters. The van der Waals surface area contributed by atoms with Crippen LogP contribution in [0, 0.1) is 21.8 Å². The summed E-state index contributed by atoms with van der Waals surface area (Å²) in [5.41, 5.74) is 3.04. The highest BCUT2D eigenvalue weighted by molar-refractivity contribution is 5.62. The number of nitrogens with one attached hydrogen (secondary N) is 1. The minimum atomic E-state index is -0.361. The highest BCUT2D eigenvalue weighted by atomic mass is 19.1. The summed E-state index contributed by atoms with van der Waals surface area (Å²) >= 11 is 0. The zero-order chi connectivity index (χ0) is 16.0. The van der Waals surface area contributed by atoms with Gasteiger partial charge in [0.05, 0.1) is 11.0 Å². The lowest BCUT2D eigenvalue weighted by Crippen LogP contribution is -2.29. The lowest BCUT2D eigenvalue weighted by Gasteiger charge is -2.37. The molecule has 4 nitrogen and oxygen atoms in total. The molecule has 0 fully saturated rings. The molecule has 0 aromatic heterocycles. The monoisotopic (exact) mass is 310 g/mol. The molecule has 1 aliphatic carbocycles. The standard InChI is InChI=1S/C18H15FN2O2/c19-12-6-4-11(5-7-12)18-15-3-1-2-14(15)16-10-13(21(22)23)8-9-17(16)20-18/h1-2,4-10,14-15,18,20H,3H2/t14-,15-,18+/m1/s1. The van der Waals surface area contributed by atoms with Crippen LogP contribution in [-0.4, -0.2) is 4.92 Å². The van der Waals surface area contributed by atoms with Crippen molar-refractivity contribution in [2.45, 2.75) is 18.4 Å². The Morgan fingerprint density at radius 1 is 1.17 bits per heavy atom. The predicted molar refractivity (Wildman–Crippen MR) is 85.8 cm³/mol. The van der Waals surface area contributed by atoms with Crippen LogP contribution in [0.25, 0.3) is 0 Å². The van der Waals surface area contributed by atoms with Crippen LogP contribution >= 0.6 is 0 Å². The van der Waals surface area contributed by atoms with E-state index in [9.17, 15) is 14.5 Å². The average Bonchev–Trinajstić information content (AvgIpc) is 3.04. The largest absolute Gasteiger partial charge is 0.378 e. The molecule has 1 aliphatic heterocycles. The summed E-state index contributed by atoms with van der Waals surface area (Å²) in [5.74, 6) is 0.192. The molecule has 0 saturated heterocycles. The molecule has 0 saturated carbocycles. The Balaban J connectivity index is 1.77. The number of halogens is 1. The summed E-state index contributed by atoms with van der Waals surface area (Å²) in [6, 6.07) is 11.6. The zero-order valence-corrected chi connectivity index (χ0v) is 12.3. The second kappa shape index (κ2) is 5.19. The van der Waals surface area contributed by atoms with Crippen molar-refractivity contribution in [2.75, 3.05) is 5.32 Å².